The molecule has 0 aliphatic carbocycles. The van der Waals surface area contributed by atoms with Gasteiger partial charge in [-0.25, -0.2) is 0 Å². The van der Waals surface area contributed by atoms with E-state index in [9.17, 15) is 4.79 Å². The van der Waals surface area contributed by atoms with Crippen molar-refractivity contribution >= 4 is 5.91 Å². The van der Waals surface area contributed by atoms with Gasteiger partial charge in [-0.2, -0.15) is 0 Å². The number of nitrogens with zero attached hydrogens (tertiary/aromatic N) is 3. The zero-order chi connectivity index (χ0) is 13.0. The molecule has 4 heteroatoms. The summed E-state index contributed by atoms with van der Waals surface area (Å²) >= 11 is 0. The van der Waals surface area contributed by atoms with Gasteiger partial charge in [-0.15, -0.1) is 0 Å². The molecule has 104 valence electrons. The molecule has 0 aromatic carbocycles. The Morgan fingerprint density at radius 1 is 1.11 bits per heavy atom. The molecule has 2 aliphatic rings. The quantitative estimate of drug-likeness (QED) is 0.732. The summed E-state index contributed by atoms with van der Waals surface area (Å²) in [7, 11) is 2.08. The summed E-state index contributed by atoms with van der Waals surface area (Å²) in [5.74, 6) is 0.316. The lowest BCUT2D eigenvalue weighted by molar-refractivity contribution is -0.134. The van der Waals surface area contributed by atoms with E-state index in [1.54, 1.807) is 0 Å². The minimum atomic E-state index is 0.0331. The minimum Gasteiger partial charge on any atom is -0.341 e. The number of hydrogen-bond acceptors (Lipinski definition) is 3. The Hall–Kier alpha value is -0.610. The van der Waals surface area contributed by atoms with Gasteiger partial charge in [-0.3, -0.25) is 9.69 Å². The molecule has 0 saturated carbocycles. The molecule has 0 N–H and O–H groups in total. The second-order valence-corrected chi connectivity index (χ2v) is 5.74. The molecular formula is C14H27N3O. The number of hydrogen-bond donors (Lipinski definition) is 0. The number of carbonyl (C=O) groups is 1. The summed E-state index contributed by atoms with van der Waals surface area (Å²) in [4.78, 5) is 19.0. The fraction of sp³-hybridized carbons (Fsp3) is 0.929. The van der Waals surface area contributed by atoms with Gasteiger partial charge in [0.1, 0.15) is 0 Å². The predicted molar refractivity (Wildman–Crippen MR) is 73.6 cm³/mol. The lowest BCUT2D eigenvalue weighted by atomic mass is 10.2. The maximum Gasteiger partial charge on any atom is 0.239 e. The number of carbonyl (C=O) groups excluding carboxylic acids is 1. The van der Waals surface area contributed by atoms with Crippen LogP contribution in [0.15, 0.2) is 0 Å². The summed E-state index contributed by atoms with van der Waals surface area (Å²) in [6, 6.07) is 0.0331. The number of amides is 1. The van der Waals surface area contributed by atoms with Crippen molar-refractivity contribution in [1.29, 1.82) is 0 Å². The van der Waals surface area contributed by atoms with Gasteiger partial charge in [0, 0.05) is 26.2 Å². The molecule has 18 heavy (non-hydrogen) atoms. The topological polar surface area (TPSA) is 26.8 Å². The van der Waals surface area contributed by atoms with Crippen LogP contribution in [-0.2, 0) is 4.79 Å². The third kappa shape index (κ3) is 3.45. The number of rotatable bonds is 5. The first-order valence-electron chi connectivity index (χ1n) is 7.40. The zero-order valence-corrected chi connectivity index (χ0v) is 11.9. The molecule has 1 atom stereocenters. The maximum absolute atomic E-state index is 12.3. The lowest BCUT2D eigenvalue weighted by Gasteiger charge is -2.29. The molecule has 2 heterocycles. The van der Waals surface area contributed by atoms with E-state index in [4.69, 9.17) is 0 Å². The van der Waals surface area contributed by atoms with Crippen molar-refractivity contribution in [2.45, 2.75) is 38.6 Å². The van der Waals surface area contributed by atoms with Gasteiger partial charge in [0.05, 0.1) is 6.04 Å². The van der Waals surface area contributed by atoms with E-state index >= 15 is 0 Å². The van der Waals surface area contributed by atoms with Gasteiger partial charge in [0.25, 0.3) is 0 Å². The Morgan fingerprint density at radius 2 is 1.67 bits per heavy atom. The molecule has 2 rings (SSSR count). The summed E-state index contributed by atoms with van der Waals surface area (Å²) in [6.07, 6.45) is 5.03. The predicted octanol–water partition coefficient (Wildman–Crippen LogP) is 1.02. The molecule has 0 aromatic rings. The fourth-order valence-electron chi connectivity index (χ4n) is 2.89. The molecule has 2 fully saturated rings. The fourth-order valence-corrected chi connectivity index (χ4v) is 2.89. The first kappa shape index (κ1) is 13.8. The largest absolute Gasteiger partial charge is 0.341 e. The van der Waals surface area contributed by atoms with Crippen LogP contribution in [0, 0.1) is 0 Å². The third-order valence-corrected chi connectivity index (χ3v) is 4.40. The third-order valence-electron chi connectivity index (χ3n) is 4.40. The van der Waals surface area contributed by atoms with E-state index in [2.05, 4.69) is 16.8 Å². The summed E-state index contributed by atoms with van der Waals surface area (Å²) in [5, 5.41) is 0. The van der Waals surface area contributed by atoms with Crippen molar-refractivity contribution in [3.05, 3.63) is 0 Å². The molecular weight excluding hydrogens is 226 g/mol. The molecule has 2 saturated heterocycles. The van der Waals surface area contributed by atoms with E-state index < -0.39 is 0 Å². The lowest BCUT2D eigenvalue weighted by Crippen LogP contribution is -2.46. The molecule has 0 bridgehead atoms. The van der Waals surface area contributed by atoms with E-state index in [-0.39, 0.29) is 6.04 Å². The molecule has 4 nitrogen and oxygen atoms in total. The van der Waals surface area contributed by atoms with Crippen LogP contribution in [0.4, 0.5) is 0 Å². The van der Waals surface area contributed by atoms with Crippen LogP contribution in [0.5, 0.6) is 0 Å². The van der Waals surface area contributed by atoms with Gasteiger partial charge in [0.2, 0.25) is 5.91 Å². The second kappa shape index (κ2) is 6.53. The molecule has 2 aliphatic heterocycles. The first-order chi connectivity index (χ1) is 8.68. The molecule has 0 radical (unpaired) electrons. The van der Waals surface area contributed by atoms with Crippen molar-refractivity contribution in [1.82, 2.24) is 14.7 Å². The van der Waals surface area contributed by atoms with E-state index in [0.717, 1.165) is 26.2 Å². The average molecular weight is 253 g/mol. The average Bonchev–Trinajstić information content (AvgIpc) is 3.06. The van der Waals surface area contributed by atoms with Crippen LogP contribution in [0.2, 0.25) is 0 Å². The highest BCUT2D eigenvalue weighted by molar-refractivity contribution is 5.81. The summed E-state index contributed by atoms with van der Waals surface area (Å²) < 4.78 is 0. The van der Waals surface area contributed by atoms with Crippen molar-refractivity contribution in [2.24, 2.45) is 0 Å². The van der Waals surface area contributed by atoms with Gasteiger partial charge in [-0.05, 0) is 52.7 Å². The molecule has 1 amide bonds. The smallest absolute Gasteiger partial charge is 0.239 e. The standard InChI is InChI=1S/C14H27N3O/c1-13(14(18)17-9-5-6-10-17)15(2)11-12-16-7-3-4-8-16/h13H,3-12H2,1-2H3. The van der Waals surface area contributed by atoms with Gasteiger partial charge >= 0.3 is 0 Å². The monoisotopic (exact) mass is 253 g/mol. The molecule has 1 unspecified atom stereocenters. The Morgan fingerprint density at radius 3 is 2.28 bits per heavy atom. The van der Waals surface area contributed by atoms with E-state index in [1.165, 1.54) is 38.8 Å². The summed E-state index contributed by atoms with van der Waals surface area (Å²) in [6.45, 7) is 8.55. The number of likely N-dealkylation sites (tertiary alicyclic amines) is 2. The Bertz CT molecular complexity index is 270. The van der Waals surface area contributed by atoms with Crippen LogP contribution in [0.25, 0.3) is 0 Å². The Kier molecular flexibility index (Phi) is 5.01. The van der Waals surface area contributed by atoms with Crippen LogP contribution < -0.4 is 0 Å². The minimum absolute atomic E-state index is 0.0331. The number of likely N-dealkylation sites (N-methyl/N-ethyl adjacent to an activating group) is 1. The van der Waals surface area contributed by atoms with Crippen molar-refractivity contribution < 1.29 is 4.79 Å². The normalized spacial score (nSPS) is 22.9. The van der Waals surface area contributed by atoms with Crippen LogP contribution in [0.1, 0.15) is 32.6 Å². The van der Waals surface area contributed by atoms with Crippen LogP contribution >= 0.6 is 0 Å². The molecule has 0 aromatic heterocycles. The summed E-state index contributed by atoms with van der Waals surface area (Å²) in [5.41, 5.74) is 0. The highest BCUT2D eigenvalue weighted by Gasteiger charge is 2.26. The second-order valence-electron chi connectivity index (χ2n) is 5.74. The van der Waals surface area contributed by atoms with Crippen LogP contribution in [-0.4, -0.2) is 73.0 Å². The van der Waals surface area contributed by atoms with Crippen LogP contribution in [0.3, 0.4) is 0 Å². The highest BCUT2D eigenvalue weighted by Crippen LogP contribution is 2.12. The van der Waals surface area contributed by atoms with Crippen molar-refractivity contribution in [3.8, 4) is 0 Å². The van der Waals surface area contributed by atoms with Gasteiger partial charge < -0.3 is 9.80 Å². The van der Waals surface area contributed by atoms with Crippen molar-refractivity contribution in [3.63, 3.8) is 0 Å². The van der Waals surface area contributed by atoms with Gasteiger partial charge in [0.15, 0.2) is 0 Å². The Balaban J connectivity index is 1.72. The van der Waals surface area contributed by atoms with Gasteiger partial charge in [-0.1, -0.05) is 0 Å². The Labute approximate surface area is 111 Å². The maximum atomic E-state index is 12.3. The zero-order valence-electron chi connectivity index (χ0n) is 11.9. The first-order valence-corrected chi connectivity index (χ1v) is 7.40. The van der Waals surface area contributed by atoms with E-state index in [0.29, 0.717) is 5.91 Å². The van der Waals surface area contributed by atoms with Crippen molar-refractivity contribution in [2.75, 3.05) is 46.3 Å². The molecule has 0 spiro atoms. The van der Waals surface area contributed by atoms with E-state index in [1.807, 2.05) is 11.8 Å². The highest BCUT2D eigenvalue weighted by atomic mass is 16.2. The SMILES string of the molecule is CC(C(=O)N1CCCC1)N(C)CCN1CCCC1.